The Kier molecular flexibility index (Phi) is 7.30. The fourth-order valence-corrected chi connectivity index (χ4v) is 4.64. The van der Waals surface area contributed by atoms with E-state index in [0.29, 0.717) is 23.1 Å². The standard InChI is InChI=1S/C24H24B2F4N6O2/c1-12-11-36(22(37)20-19(13(2)35(4)34-20)17-7-6-16(27)10-31-17)21(14(3)38-12)23(25,26)33-18-8-5-15(9-32-18)24(28,29)30/h5-10,12,14,21H,11H2,1-4H3,(H,32,33)/t12-,14+,21+/m1/s1. The van der Waals surface area contributed by atoms with Gasteiger partial charge in [0.25, 0.3) is 5.91 Å². The molecule has 14 heteroatoms. The molecule has 0 aromatic carbocycles. The number of nitrogens with zero attached hydrogens (tertiary/aromatic N) is 5. The second kappa shape index (κ2) is 10.0. The molecule has 1 amide bonds. The van der Waals surface area contributed by atoms with E-state index >= 15 is 0 Å². The van der Waals surface area contributed by atoms with E-state index in [-0.39, 0.29) is 24.2 Å². The van der Waals surface area contributed by atoms with Crippen LogP contribution < -0.4 is 5.32 Å². The molecule has 0 bridgehead atoms. The van der Waals surface area contributed by atoms with Crippen LogP contribution in [-0.4, -0.2) is 76.4 Å². The third-order valence-corrected chi connectivity index (χ3v) is 6.39. The van der Waals surface area contributed by atoms with E-state index in [1.807, 2.05) is 0 Å². The van der Waals surface area contributed by atoms with E-state index in [9.17, 15) is 22.4 Å². The van der Waals surface area contributed by atoms with Crippen molar-refractivity contribution >= 4 is 27.4 Å². The molecule has 1 aliphatic heterocycles. The Balaban J connectivity index is 1.70. The van der Waals surface area contributed by atoms with Gasteiger partial charge in [0.2, 0.25) is 0 Å². The molecule has 1 aliphatic rings. The highest BCUT2D eigenvalue weighted by Gasteiger charge is 2.45. The van der Waals surface area contributed by atoms with Crippen molar-refractivity contribution in [3.8, 4) is 11.3 Å². The molecule has 0 saturated carbocycles. The first-order valence-corrected chi connectivity index (χ1v) is 11.7. The normalized spacial score (nSPS) is 20.4. The summed E-state index contributed by atoms with van der Waals surface area (Å²) in [6.07, 6.45) is -3.93. The second-order valence-corrected chi connectivity index (χ2v) is 9.34. The maximum absolute atomic E-state index is 14.0. The SMILES string of the molecule is [B]C([B])(Nc1ccc(C(F)(F)F)cn1)[C@@H]1[C@H](C)O[C@H](C)CN1C(=O)c1nn(C)c(C)c1-c1ccc(F)cn1. The smallest absolute Gasteiger partial charge is 0.380 e. The van der Waals surface area contributed by atoms with Crippen molar-refractivity contribution in [2.45, 2.75) is 50.5 Å². The molecule has 3 atom stereocenters. The van der Waals surface area contributed by atoms with Gasteiger partial charge in [-0.2, -0.15) is 18.3 Å². The van der Waals surface area contributed by atoms with Gasteiger partial charge < -0.3 is 15.0 Å². The predicted octanol–water partition coefficient (Wildman–Crippen LogP) is 3.06. The van der Waals surface area contributed by atoms with Gasteiger partial charge in [0.15, 0.2) is 5.69 Å². The zero-order chi connectivity index (χ0) is 28.0. The van der Waals surface area contributed by atoms with E-state index in [1.54, 1.807) is 27.8 Å². The summed E-state index contributed by atoms with van der Waals surface area (Å²) in [6, 6.07) is 3.63. The van der Waals surface area contributed by atoms with E-state index in [4.69, 9.17) is 20.4 Å². The maximum Gasteiger partial charge on any atom is 0.417 e. The molecule has 38 heavy (non-hydrogen) atoms. The topological polar surface area (TPSA) is 85.2 Å². The van der Waals surface area contributed by atoms with Crippen molar-refractivity contribution in [2.24, 2.45) is 7.05 Å². The van der Waals surface area contributed by atoms with Gasteiger partial charge in [0.1, 0.15) is 11.6 Å². The Bertz CT molecular complexity index is 1320. The molecule has 1 N–H and O–H groups in total. The number of morpholine rings is 1. The van der Waals surface area contributed by atoms with Crippen molar-refractivity contribution in [2.75, 3.05) is 11.9 Å². The first-order valence-electron chi connectivity index (χ1n) is 11.7. The van der Waals surface area contributed by atoms with Crippen LogP contribution in [0.15, 0.2) is 36.7 Å². The maximum atomic E-state index is 14.0. The summed E-state index contributed by atoms with van der Waals surface area (Å²) < 4.78 is 59.8. The monoisotopic (exact) mass is 526 g/mol. The third-order valence-electron chi connectivity index (χ3n) is 6.39. The zero-order valence-electron chi connectivity index (χ0n) is 21.1. The Morgan fingerprint density at radius 2 is 1.84 bits per heavy atom. The minimum absolute atomic E-state index is 0.0221. The van der Waals surface area contributed by atoms with Crippen molar-refractivity contribution in [1.82, 2.24) is 24.6 Å². The highest BCUT2D eigenvalue weighted by molar-refractivity contribution is 6.42. The average molecular weight is 526 g/mol. The van der Waals surface area contributed by atoms with E-state index in [1.165, 1.54) is 21.7 Å². The van der Waals surface area contributed by atoms with Crippen LogP contribution in [0.25, 0.3) is 11.3 Å². The zero-order valence-corrected chi connectivity index (χ0v) is 21.1. The lowest BCUT2D eigenvalue weighted by atomic mass is 9.55. The largest absolute Gasteiger partial charge is 0.417 e. The number of pyridine rings is 2. The van der Waals surface area contributed by atoms with Crippen LogP contribution in [0.2, 0.25) is 0 Å². The van der Waals surface area contributed by atoms with Gasteiger partial charge >= 0.3 is 6.18 Å². The number of rotatable bonds is 5. The highest BCUT2D eigenvalue weighted by Crippen LogP contribution is 2.33. The number of aromatic nitrogens is 4. The van der Waals surface area contributed by atoms with E-state index in [2.05, 4.69) is 20.4 Å². The van der Waals surface area contributed by atoms with Crippen molar-refractivity contribution in [3.63, 3.8) is 0 Å². The fourth-order valence-electron chi connectivity index (χ4n) is 4.64. The van der Waals surface area contributed by atoms with Crippen LogP contribution in [0.3, 0.4) is 0 Å². The van der Waals surface area contributed by atoms with Crippen LogP contribution >= 0.6 is 0 Å². The summed E-state index contributed by atoms with van der Waals surface area (Å²) in [4.78, 5) is 23.3. The Morgan fingerprint density at radius 3 is 2.42 bits per heavy atom. The van der Waals surface area contributed by atoms with Gasteiger partial charge in [0.05, 0.1) is 57.0 Å². The van der Waals surface area contributed by atoms with Crippen molar-refractivity contribution in [1.29, 1.82) is 0 Å². The number of nitrogens with one attached hydrogen (secondary N) is 1. The van der Waals surface area contributed by atoms with Crippen molar-refractivity contribution in [3.05, 3.63) is 59.4 Å². The summed E-state index contributed by atoms with van der Waals surface area (Å²) in [5, 5.41) is 5.26. The van der Waals surface area contributed by atoms with Gasteiger partial charge in [-0.25, -0.2) is 9.37 Å². The van der Waals surface area contributed by atoms with Crippen LogP contribution in [0.4, 0.5) is 23.4 Å². The minimum atomic E-state index is -4.56. The highest BCUT2D eigenvalue weighted by atomic mass is 19.4. The lowest BCUT2D eigenvalue weighted by molar-refractivity contribution is -0.137. The number of halogens is 4. The van der Waals surface area contributed by atoms with Crippen molar-refractivity contribution < 1.29 is 27.1 Å². The molecular weight excluding hydrogens is 502 g/mol. The van der Waals surface area contributed by atoms with Crippen LogP contribution in [0.1, 0.15) is 35.6 Å². The number of amides is 1. The van der Waals surface area contributed by atoms with Crippen LogP contribution in [0, 0.1) is 12.7 Å². The molecule has 4 heterocycles. The molecule has 0 spiro atoms. The number of anilines is 1. The summed E-state index contributed by atoms with van der Waals surface area (Å²) in [7, 11) is 14.5. The lowest BCUT2D eigenvalue weighted by Gasteiger charge is -2.50. The number of aryl methyl sites for hydroxylation is 1. The van der Waals surface area contributed by atoms with Crippen LogP contribution in [-0.2, 0) is 18.0 Å². The average Bonchev–Trinajstić information content (AvgIpc) is 3.12. The molecule has 0 unspecified atom stereocenters. The Labute approximate surface area is 219 Å². The molecule has 3 aromatic rings. The number of hydrogen-bond acceptors (Lipinski definition) is 6. The van der Waals surface area contributed by atoms with Gasteiger partial charge in [-0.15, -0.1) is 0 Å². The number of hydrogen-bond donors (Lipinski definition) is 1. The number of carbonyl (C=O) groups is 1. The van der Waals surface area contributed by atoms with Gasteiger partial charge in [-0.1, -0.05) is 0 Å². The number of alkyl halides is 3. The van der Waals surface area contributed by atoms with Gasteiger partial charge in [-0.3, -0.25) is 14.5 Å². The van der Waals surface area contributed by atoms with Gasteiger partial charge in [0, 0.05) is 25.5 Å². The first-order chi connectivity index (χ1) is 17.7. The van der Waals surface area contributed by atoms with Crippen LogP contribution in [0.5, 0.6) is 0 Å². The Hall–Kier alpha value is -3.41. The summed E-state index contributed by atoms with van der Waals surface area (Å²) in [6.45, 7) is 5.31. The molecule has 196 valence electrons. The molecule has 1 fully saturated rings. The Morgan fingerprint density at radius 1 is 1.13 bits per heavy atom. The number of ether oxygens (including phenoxy) is 1. The van der Waals surface area contributed by atoms with Gasteiger partial charge in [-0.05, 0) is 50.4 Å². The predicted molar refractivity (Wildman–Crippen MR) is 133 cm³/mol. The third kappa shape index (κ3) is 5.40. The fraction of sp³-hybridized carbons (Fsp3) is 0.417. The summed E-state index contributed by atoms with van der Waals surface area (Å²) >= 11 is 0. The second-order valence-electron chi connectivity index (χ2n) is 9.34. The molecule has 4 rings (SSSR count). The van der Waals surface area contributed by atoms with E-state index in [0.717, 1.165) is 18.3 Å². The number of carbonyl (C=O) groups excluding carboxylic acids is 1. The summed E-state index contributed by atoms with van der Waals surface area (Å²) in [5.74, 6) is -1.08. The molecule has 1 saturated heterocycles. The molecule has 3 aromatic heterocycles. The van der Waals surface area contributed by atoms with E-state index < -0.39 is 40.9 Å². The first kappa shape index (κ1) is 27.6. The minimum Gasteiger partial charge on any atom is -0.380 e. The lowest BCUT2D eigenvalue weighted by Crippen LogP contribution is -2.68. The summed E-state index contributed by atoms with van der Waals surface area (Å²) in [5.41, 5.74) is 0.511. The molecule has 0 aliphatic carbocycles. The quantitative estimate of drug-likeness (QED) is 0.407. The molecule has 4 radical (unpaired) electrons. The molecular formula is C24H24B2F4N6O2. The molecule has 8 nitrogen and oxygen atoms in total.